The van der Waals surface area contributed by atoms with E-state index >= 15 is 0 Å². The molecule has 180 valence electrons. The van der Waals surface area contributed by atoms with Crippen LogP contribution in [0, 0.1) is 21.2 Å². The highest BCUT2D eigenvalue weighted by atomic mass is 127. The molecule has 8 heteroatoms. The molecule has 34 heavy (non-hydrogen) atoms. The molecule has 3 atom stereocenters. The molecule has 4 amide bonds. The van der Waals surface area contributed by atoms with E-state index in [9.17, 15) is 18.8 Å². The van der Waals surface area contributed by atoms with Gasteiger partial charge < -0.3 is 10.6 Å². The van der Waals surface area contributed by atoms with Crippen molar-refractivity contribution in [1.82, 2.24) is 10.2 Å². The van der Waals surface area contributed by atoms with E-state index in [4.69, 9.17) is 0 Å². The summed E-state index contributed by atoms with van der Waals surface area (Å²) in [5, 5.41) is 5.54. The molecule has 1 saturated carbocycles. The SMILES string of the molecule is C[C@@H](c1ccccc1)C(CN1C(=O)N[C@H](C2CCCCC2)C1=O)C(=O)Nc1ccc(I)cc1F. The van der Waals surface area contributed by atoms with Gasteiger partial charge in [-0.3, -0.25) is 14.5 Å². The van der Waals surface area contributed by atoms with Crippen molar-refractivity contribution in [2.45, 2.75) is 51.0 Å². The van der Waals surface area contributed by atoms with Crippen LogP contribution < -0.4 is 10.6 Å². The first-order valence-corrected chi connectivity index (χ1v) is 12.9. The Morgan fingerprint density at radius 1 is 1.15 bits per heavy atom. The fourth-order valence-corrected chi connectivity index (χ4v) is 5.42. The first kappa shape index (κ1) is 24.6. The molecule has 1 aliphatic heterocycles. The minimum atomic E-state index is -0.749. The van der Waals surface area contributed by atoms with Crippen LogP contribution in [0.3, 0.4) is 0 Å². The minimum absolute atomic E-state index is 0.0677. The number of urea groups is 1. The lowest BCUT2D eigenvalue weighted by molar-refractivity contribution is -0.130. The number of anilines is 1. The van der Waals surface area contributed by atoms with Gasteiger partial charge in [0.05, 0.1) is 11.6 Å². The van der Waals surface area contributed by atoms with Gasteiger partial charge in [0.2, 0.25) is 5.91 Å². The predicted octanol–water partition coefficient (Wildman–Crippen LogP) is 5.29. The van der Waals surface area contributed by atoms with Crippen LogP contribution >= 0.6 is 22.6 Å². The number of carbonyl (C=O) groups is 3. The zero-order valence-electron chi connectivity index (χ0n) is 19.1. The number of imide groups is 1. The van der Waals surface area contributed by atoms with Gasteiger partial charge in [-0.05, 0) is 71.0 Å². The normalized spacial score (nSPS) is 20.7. The number of amides is 4. The molecule has 0 spiro atoms. The Kier molecular flexibility index (Phi) is 7.85. The molecule has 0 bridgehead atoms. The third-order valence-electron chi connectivity index (χ3n) is 7.01. The molecule has 0 aromatic heterocycles. The summed E-state index contributed by atoms with van der Waals surface area (Å²) < 4.78 is 15.2. The molecule has 2 aliphatic rings. The van der Waals surface area contributed by atoms with Gasteiger partial charge in [-0.1, -0.05) is 56.5 Å². The molecule has 2 aromatic rings. The maximum absolute atomic E-state index is 14.4. The van der Waals surface area contributed by atoms with Gasteiger partial charge >= 0.3 is 6.03 Å². The summed E-state index contributed by atoms with van der Waals surface area (Å²) in [7, 11) is 0. The standard InChI is InChI=1S/C26H29FIN3O3/c1-16(17-8-4-2-5-9-17)20(24(32)29-22-13-12-19(28)14-21(22)27)15-31-25(33)23(30-26(31)34)18-10-6-3-7-11-18/h2,4-5,8-9,12-14,16,18,20,23H,3,6-7,10-11,15H2,1H3,(H,29,32)(H,30,34)/t16-,20?,23+/m0/s1. The number of hydrogen-bond donors (Lipinski definition) is 2. The fourth-order valence-electron chi connectivity index (χ4n) is 4.97. The molecule has 6 nitrogen and oxygen atoms in total. The molecule has 2 N–H and O–H groups in total. The predicted molar refractivity (Wildman–Crippen MR) is 137 cm³/mol. The summed E-state index contributed by atoms with van der Waals surface area (Å²) in [5.41, 5.74) is 0.981. The van der Waals surface area contributed by atoms with Crippen molar-refractivity contribution in [1.29, 1.82) is 0 Å². The zero-order valence-corrected chi connectivity index (χ0v) is 21.3. The number of halogens is 2. The first-order chi connectivity index (χ1) is 16.3. The molecule has 1 aliphatic carbocycles. The van der Waals surface area contributed by atoms with E-state index < -0.39 is 29.7 Å². The quantitative estimate of drug-likeness (QED) is 0.347. The monoisotopic (exact) mass is 577 g/mol. The number of nitrogens with zero attached hydrogens (tertiary/aromatic N) is 1. The average molecular weight is 577 g/mol. The number of rotatable bonds is 7. The fraction of sp³-hybridized carbons (Fsp3) is 0.423. The van der Waals surface area contributed by atoms with Gasteiger partial charge in [-0.25, -0.2) is 9.18 Å². The summed E-state index contributed by atoms with van der Waals surface area (Å²) >= 11 is 2.00. The summed E-state index contributed by atoms with van der Waals surface area (Å²) in [6, 6.07) is 13.1. The Morgan fingerprint density at radius 2 is 1.85 bits per heavy atom. The lowest BCUT2D eigenvalue weighted by Crippen LogP contribution is -2.42. The van der Waals surface area contributed by atoms with Crippen molar-refractivity contribution in [2.24, 2.45) is 11.8 Å². The molecule has 4 rings (SSSR count). The van der Waals surface area contributed by atoms with E-state index in [0.717, 1.165) is 41.2 Å². The minimum Gasteiger partial charge on any atom is -0.326 e. The van der Waals surface area contributed by atoms with Crippen molar-refractivity contribution < 1.29 is 18.8 Å². The van der Waals surface area contributed by atoms with Crippen molar-refractivity contribution in [3.8, 4) is 0 Å². The Hall–Kier alpha value is -2.49. The van der Waals surface area contributed by atoms with E-state index in [1.165, 1.54) is 17.0 Å². The Morgan fingerprint density at radius 3 is 2.53 bits per heavy atom. The smallest absolute Gasteiger partial charge is 0.324 e. The second-order valence-electron chi connectivity index (χ2n) is 9.19. The van der Waals surface area contributed by atoms with Crippen LogP contribution in [-0.2, 0) is 9.59 Å². The molecule has 0 radical (unpaired) electrons. The number of benzene rings is 2. The van der Waals surface area contributed by atoms with E-state index in [1.54, 1.807) is 6.07 Å². The maximum atomic E-state index is 14.4. The molecule has 2 fully saturated rings. The highest BCUT2D eigenvalue weighted by Gasteiger charge is 2.44. The van der Waals surface area contributed by atoms with Crippen LogP contribution in [0.1, 0.15) is 50.5 Å². The van der Waals surface area contributed by atoms with E-state index in [-0.39, 0.29) is 30.0 Å². The van der Waals surface area contributed by atoms with Crippen LogP contribution in [0.25, 0.3) is 0 Å². The maximum Gasteiger partial charge on any atom is 0.324 e. The highest BCUT2D eigenvalue weighted by Crippen LogP contribution is 2.32. The largest absolute Gasteiger partial charge is 0.326 e. The molecule has 1 saturated heterocycles. The number of carbonyl (C=O) groups excluding carboxylic acids is 3. The molecule has 2 aromatic carbocycles. The average Bonchev–Trinajstić information content (AvgIpc) is 3.13. The third kappa shape index (κ3) is 5.42. The van der Waals surface area contributed by atoms with Crippen LogP contribution in [0.2, 0.25) is 0 Å². The van der Waals surface area contributed by atoms with E-state index in [1.807, 2.05) is 59.8 Å². The van der Waals surface area contributed by atoms with Crippen LogP contribution in [-0.4, -0.2) is 35.3 Å². The first-order valence-electron chi connectivity index (χ1n) is 11.8. The highest BCUT2D eigenvalue weighted by molar-refractivity contribution is 14.1. The zero-order chi connectivity index (χ0) is 24.2. The third-order valence-corrected chi connectivity index (χ3v) is 7.68. The molecular weight excluding hydrogens is 548 g/mol. The lowest BCUT2D eigenvalue weighted by Gasteiger charge is -2.28. The van der Waals surface area contributed by atoms with Gasteiger partial charge in [0.15, 0.2) is 0 Å². The van der Waals surface area contributed by atoms with Gasteiger partial charge in [-0.15, -0.1) is 0 Å². The van der Waals surface area contributed by atoms with E-state index in [0.29, 0.717) is 0 Å². The summed E-state index contributed by atoms with van der Waals surface area (Å²) in [6.45, 7) is 1.82. The lowest BCUT2D eigenvalue weighted by atomic mass is 9.83. The summed E-state index contributed by atoms with van der Waals surface area (Å²) in [4.78, 5) is 40.6. The Bertz CT molecular complexity index is 1060. The number of nitrogens with one attached hydrogen (secondary N) is 2. The van der Waals surface area contributed by atoms with Crippen molar-refractivity contribution >= 4 is 46.1 Å². The Labute approximate surface area is 212 Å². The van der Waals surface area contributed by atoms with Gasteiger partial charge in [0.25, 0.3) is 5.91 Å². The second-order valence-corrected chi connectivity index (χ2v) is 10.4. The van der Waals surface area contributed by atoms with Crippen molar-refractivity contribution in [3.05, 3.63) is 63.5 Å². The topological polar surface area (TPSA) is 78.5 Å². The number of hydrogen-bond acceptors (Lipinski definition) is 3. The molecule has 1 unspecified atom stereocenters. The molecule has 1 heterocycles. The second kappa shape index (κ2) is 10.8. The van der Waals surface area contributed by atoms with Crippen LogP contribution in [0.5, 0.6) is 0 Å². The Balaban J connectivity index is 1.57. The van der Waals surface area contributed by atoms with Crippen LogP contribution in [0.4, 0.5) is 14.9 Å². The van der Waals surface area contributed by atoms with Crippen molar-refractivity contribution in [2.75, 3.05) is 11.9 Å². The summed E-state index contributed by atoms with van der Waals surface area (Å²) in [5.74, 6) is -2.15. The van der Waals surface area contributed by atoms with Gasteiger partial charge in [0, 0.05) is 10.1 Å². The summed E-state index contributed by atoms with van der Waals surface area (Å²) in [6.07, 6.45) is 5.10. The van der Waals surface area contributed by atoms with Crippen molar-refractivity contribution in [3.63, 3.8) is 0 Å². The molecular formula is C26H29FIN3O3. The van der Waals surface area contributed by atoms with Gasteiger partial charge in [-0.2, -0.15) is 0 Å². The van der Waals surface area contributed by atoms with E-state index in [2.05, 4.69) is 10.6 Å². The van der Waals surface area contributed by atoms with Crippen LogP contribution in [0.15, 0.2) is 48.5 Å². The van der Waals surface area contributed by atoms with Gasteiger partial charge in [0.1, 0.15) is 11.9 Å².